The van der Waals surface area contributed by atoms with Crippen LogP contribution in [0.2, 0.25) is 0 Å². The number of nitrogens with one attached hydrogen (secondary N) is 1. The molecule has 1 aromatic heterocycles. The minimum Gasteiger partial charge on any atom is -0.452 e. The number of sulfonamides is 1. The summed E-state index contributed by atoms with van der Waals surface area (Å²) in [5, 5.41) is 18.3. The van der Waals surface area contributed by atoms with Crippen molar-refractivity contribution in [1.29, 1.82) is 0 Å². The Morgan fingerprint density at radius 2 is 1.90 bits per heavy atom. The number of nitro benzene ring substituents is 1. The lowest BCUT2D eigenvalue weighted by Gasteiger charge is -2.09. The SMILES string of the molecule is CCNS(=O)(=O)c1ccc(C)c(C(=O)OCc2nnc(-c3ccc([N+](=O)[O-])cc3)o2)c1. The molecule has 0 saturated heterocycles. The Morgan fingerprint density at radius 1 is 1.19 bits per heavy atom. The van der Waals surface area contributed by atoms with E-state index in [1.165, 1.54) is 42.5 Å². The standard InChI is InChI=1S/C19H18N4O7S/c1-3-20-31(27,28)15-9-4-12(2)16(10-15)19(24)29-11-17-21-22-18(30-17)13-5-7-14(8-6-13)23(25)26/h4-10,20H,3,11H2,1-2H3. The van der Waals surface area contributed by atoms with Gasteiger partial charge in [-0.25, -0.2) is 17.9 Å². The Morgan fingerprint density at radius 3 is 2.55 bits per heavy atom. The number of rotatable bonds is 8. The molecule has 0 saturated carbocycles. The molecule has 0 aliphatic carbocycles. The third-order valence-electron chi connectivity index (χ3n) is 4.19. The average Bonchev–Trinajstić information content (AvgIpc) is 3.21. The van der Waals surface area contributed by atoms with Crippen LogP contribution in [0.3, 0.4) is 0 Å². The molecule has 3 rings (SSSR count). The quantitative estimate of drug-likeness (QED) is 0.312. The van der Waals surface area contributed by atoms with E-state index in [0.29, 0.717) is 11.1 Å². The van der Waals surface area contributed by atoms with Crippen molar-refractivity contribution in [2.75, 3.05) is 6.54 Å². The van der Waals surface area contributed by atoms with Crippen LogP contribution < -0.4 is 4.72 Å². The molecule has 2 aromatic carbocycles. The van der Waals surface area contributed by atoms with Crippen molar-refractivity contribution < 1.29 is 27.3 Å². The van der Waals surface area contributed by atoms with Crippen LogP contribution in [0, 0.1) is 17.0 Å². The van der Waals surface area contributed by atoms with Gasteiger partial charge in [0.25, 0.3) is 11.6 Å². The number of hydrogen-bond acceptors (Lipinski definition) is 9. The van der Waals surface area contributed by atoms with Gasteiger partial charge in [0.2, 0.25) is 15.9 Å². The molecule has 0 unspecified atom stereocenters. The first-order valence-electron chi connectivity index (χ1n) is 9.06. The first kappa shape index (κ1) is 22.1. The van der Waals surface area contributed by atoms with E-state index in [1.807, 2.05) is 0 Å². The molecule has 0 amide bonds. The van der Waals surface area contributed by atoms with E-state index in [-0.39, 0.29) is 41.1 Å². The zero-order valence-corrected chi connectivity index (χ0v) is 17.4. The highest BCUT2D eigenvalue weighted by atomic mass is 32.2. The highest BCUT2D eigenvalue weighted by Crippen LogP contribution is 2.22. The molecule has 0 aliphatic rings. The van der Waals surface area contributed by atoms with Gasteiger partial charge in [0.15, 0.2) is 6.61 Å². The van der Waals surface area contributed by atoms with Crippen LogP contribution in [0.25, 0.3) is 11.5 Å². The molecule has 0 spiro atoms. The van der Waals surface area contributed by atoms with Gasteiger partial charge in [-0.05, 0) is 36.8 Å². The first-order valence-corrected chi connectivity index (χ1v) is 10.5. The number of nitro groups is 1. The highest BCUT2D eigenvalue weighted by Gasteiger charge is 2.19. The Kier molecular flexibility index (Phi) is 6.42. The fourth-order valence-electron chi connectivity index (χ4n) is 2.62. The second-order valence-electron chi connectivity index (χ2n) is 6.36. The van der Waals surface area contributed by atoms with Crippen molar-refractivity contribution in [2.24, 2.45) is 0 Å². The van der Waals surface area contributed by atoms with Crippen molar-refractivity contribution in [3.63, 3.8) is 0 Å². The van der Waals surface area contributed by atoms with E-state index in [0.717, 1.165) is 0 Å². The summed E-state index contributed by atoms with van der Waals surface area (Å²) in [6.07, 6.45) is 0. The van der Waals surface area contributed by atoms with Crippen molar-refractivity contribution in [3.05, 3.63) is 69.6 Å². The summed E-state index contributed by atoms with van der Waals surface area (Å²) in [5.41, 5.74) is 1.02. The van der Waals surface area contributed by atoms with E-state index in [1.54, 1.807) is 13.8 Å². The molecule has 0 fully saturated rings. The van der Waals surface area contributed by atoms with Crippen LogP contribution in [-0.4, -0.2) is 36.1 Å². The molecule has 0 atom stereocenters. The molecule has 12 heteroatoms. The fraction of sp³-hybridized carbons (Fsp3) is 0.211. The summed E-state index contributed by atoms with van der Waals surface area (Å²) in [6.45, 7) is 3.18. The smallest absolute Gasteiger partial charge is 0.338 e. The number of nitrogens with zero attached hydrogens (tertiary/aromatic N) is 3. The number of ether oxygens (including phenoxy) is 1. The lowest BCUT2D eigenvalue weighted by Crippen LogP contribution is -2.23. The van der Waals surface area contributed by atoms with Gasteiger partial charge in [-0.2, -0.15) is 0 Å². The Labute approximate surface area is 177 Å². The zero-order valence-electron chi connectivity index (χ0n) is 16.6. The van der Waals surface area contributed by atoms with Gasteiger partial charge in [-0.3, -0.25) is 10.1 Å². The van der Waals surface area contributed by atoms with Gasteiger partial charge in [0, 0.05) is 24.2 Å². The normalized spacial score (nSPS) is 11.3. The maximum atomic E-state index is 12.5. The summed E-state index contributed by atoms with van der Waals surface area (Å²) in [4.78, 5) is 22.6. The van der Waals surface area contributed by atoms with Crippen molar-refractivity contribution in [3.8, 4) is 11.5 Å². The molecular formula is C19H18N4O7S. The number of aromatic nitrogens is 2. The zero-order chi connectivity index (χ0) is 22.6. The molecule has 31 heavy (non-hydrogen) atoms. The van der Waals surface area contributed by atoms with E-state index >= 15 is 0 Å². The third-order valence-corrected chi connectivity index (χ3v) is 5.74. The summed E-state index contributed by atoms with van der Waals surface area (Å²) >= 11 is 0. The second kappa shape index (κ2) is 9.02. The van der Waals surface area contributed by atoms with Gasteiger partial charge in [0.1, 0.15) is 0 Å². The van der Waals surface area contributed by atoms with Crippen LogP contribution in [0.1, 0.15) is 28.7 Å². The van der Waals surface area contributed by atoms with Crippen LogP contribution >= 0.6 is 0 Å². The lowest BCUT2D eigenvalue weighted by atomic mass is 10.1. The largest absolute Gasteiger partial charge is 0.452 e. The summed E-state index contributed by atoms with van der Waals surface area (Å²) in [5.74, 6) is -0.632. The van der Waals surface area contributed by atoms with Gasteiger partial charge in [-0.1, -0.05) is 13.0 Å². The summed E-state index contributed by atoms with van der Waals surface area (Å²) < 4.78 is 37.3. The van der Waals surface area contributed by atoms with Crippen molar-refractivity contribution in [2.45, 2.75) is 25.3 Å². The van der Waals surface area contributed by atoms with Gasteiger partial charge in [-0.15, -0.1) is 10.2 Å². The van der Waals surface area contributed by atoms with E-state index in [9.17, 15) is 23.3 Å². The maximum absolute atomic E-state index is 12.5. The molecule has 0 aliphatic heterocycles. The third kappa shape index (κ3) is 5.10. The first-order chi connectivity index (χ1) is 14.7. The summed E-state index contributed by atoms with van der Waals surface area (Å²) in [6, 6.07) is 9.68. The molecular weight excluding hydrogens is 428 g/mol. The van der Waals surface area contributed by atoms with Crippen LogP contribution in [-0.2, 0) is 21.4 Å². The Bertz CT molecular complexity index is 1220. The van der Waals surface area contributed by atoms with Gasteiger partial charge < -0.3 is 9.15 Å². The molecule has 162 valence electrons. The second-order valence-corrected chi connectivity index (χ2v) is 8.13. The number of aryl methyl sites for hydroxylation is 1. The van der Waals surface area contributed by atoms with Crippen LogP contribution in [0.15, 0.2) is 51.8 Å². The minimum atomic E-state index is -3.73. The Balaban J connectivity index is 1.71. The van der Waals surface area contributed by atoms with Crippen LogP contribution in [0.5, 0.6) is 0 Å². The minimum absolute atomic E-state index is 0.00998. The molecule has 1 N–H and O–H groups in total. The Hall–Kier alpha value is -3.64. The monoisotopic (exact) mass is 446 g/mol. The van der Waals surface area contributed by atoms with Gasteiger partial charge in [0.05, 0.1) is 15.4 Å². The number of hydrogen-bond donors (Lipinski definition) is 1. The number of carbonyl (C=O) groups is 1. The number of non-ortho nitro benzene ring substituents is 1. The van der Waals surface area contributed by atoms with Crippen molar-refractivity contribution in [1.82, 2.24) is 14.9 Å². The fourth-order valence-corrected chi connectivity index (χ4v) is 3.69. The van der Waals surface area contributed by atoms with E-state index in [2.05, 4.69) is 14.9 Å². The topological polar surface area (TPSA) is 155 Å². The molecule has 0 bridgehead atoms. The van der Waals surface area contributed by atoms with Gasteiger partial charge >= 0.3 is 5.97 Å². The molecule has 11 nitrogen and oxygen atoms in total. The molecule has 1 heterocycles. The predicted molar refractivity (Wildman–Crippen MR) is 108 cm³/mol. The van der Waals surface area contributed by atoms with Crippen LogP contribution in [0.4, 0.5) is 5.69 Å². The molecule has 3 aromatic rings. The highest BCUT2D eigenvalue weighted by molar-refractivity contribution is 7.89. The number of benzene rings is 2. The van der Waals surface area contributed by atoms with Crippen molar-refractivity contribution >= 4 is 21.7 Å². The molecule has 0 radical (unpaired) electrons. The number of carbonyl (C=O) groups excluding carboxylic acids is 1. The maximum Gasteiger partial charge on any atom is 0.338 e. The van der Waals surface area contributed by atoms with E-state index < -0.39 is 20.9 Å². The number of esters is 1. The van der Waals surface area contributed by atoms with E-state index in [4.69, 9.17) is 9.15 Å². The lowest BCUT2D eigenvalue weighted by molar-refractivity contribution is -0.384. The predicted octanol–water partition coefficient (Wildman–Crippen LogP) is 2.61. The summed E-state index contributed by atoms with van der Waals surface area (Å²) in [7, 11) is -3.73. The average molecular weight is 446 g/mol.